The summed E-state index contributed by atoms with van der Waals surface area (Å²) in [4.78, 5) is 26.9. The lowest BCUT2D eigenvalue weighted by molar-refractivity contribution is 0.102. The first-order valence-electron chi connectivity index (χ1n) is 9.77. The van der Waals surface area contributed by atoms with E-state index < -0.39 is 23.2 Å². The van der Waals surface area contributed by atoms with E-state index in [4.69, 9.17) is 11.5 Å². The first kappa shape index (κ1) is 20.6. The van der Waals surface area contributed by atoms with Gasteiger partial charge in [0.15, 0.2) is 17.3 Å². The molecule has 1 amide bonds. The number of hydrogen-bond acceptors (Lipinski definition) is 7. The van der Waals surface area contributed by atoms with E-state index in [0.29, 0.717) is 12.2 Å². The molecule has 1 aliphatic rings. The minimum absolute atomic E-state index is 0.0377. The van der Waals surface area contributed by atoms with Crippen LogP contribution in [0, 0.1) is 11.6 Å². The summed E-state index contributed by atoms with van der Waals surface area (Å²) in [5.41, 5.74) is 12.0. The average Bonchev–Trinajstić information content (AvgIpc) is 2.75. The quantitative estimate of drug-likeness (QED) is 0.587. The average molecular weight is 425 g/mol. The van der Waals surface area contributed by atoms with Crippen LogP contribution >= 0.6 is 0 Å². The smallest absolute Gasteiger partial charge is 0.276 e. The van der Waals surface area contributed by atoms with Gasteiger partial charge in [0.1, 0.15) is 11.4 Å². The Bertz CT molecular complexity index is 1120. The molecule has 4 heterocycles. The second-order valence-corrected chi connectivity index (χ2v) is 7.29. The van der Waals surface area contributed by atoms with Crippen molar-refractivity contribution in [2.75, 3.05) is 29.0 Å². The summed E-state index contributed by atoms with van der Waals surface area (Å²) in [6.07, 6.45) is 6.30. The number of carbonyl (C=O) groups excluding carboxylic acids is 1. The lowest BCUT2D eigenvalue weighted by atomic mass is 10.1. The number of nitrogen functional groups attached to an aromatic ring is 1. The highest BCUT2D eigenvalue weighted by Gasteiger charge is 2.23. The molecule has 0 aromatic carbocycles. The summed E-state index contributed by atoms with van der Waals surface area (Å²) < 4.78 is 28.5. The van der Waals surface area contributed by atoms with Gasteiger partial charge in [-0.1, -0.05) is 0 Å². The van der Waals surface area contributed by atoms with Crippen molar-refractivity contribution < 1.29 is 13.6 Å². The fraction of sp³-hybridized carbons (Fsp3) is 0.238. The fourth-order valence-electron chi connectivity index (χ4n) is 3.58. The number of amides is 1. The van der Waals surface area contributed by atoms with Crippen molar-refractivity contribution in [3.8, 4) is 11.4 Å². The Kier molecular flexibility index (Phi) is 5.72. The molecule has 5 N–H and O–H groups in total. The van der Waals surface area contributed by atoms with Crippen LogP contribution in [-0.2, 0) is 0 Å². The normalized spacial score (nSPS) is 16.2. The summed E-state index contributed by atoms with van der Waals surface area (Å²) in [5.74, 6) is -2.32. The maximum atomic E-state index is 14.4. The maximum Gasteiger partial charge on any atom is 0.276 e. The van der Waals surface area contributed by atoms with Crippen LogP contribution < -0.4 is 21.7 Å². The van der Waals surface area contributed by atoms with Gasteiger partial charge >= 0.3 is 0 Å². The largest absolute Gasteiger partial charge is 0.397 e. The molecule has 0 bridgehead atoms. The van der Waals surface area contributed by atoms with E-state index in [-0.39, 0.29) is 23.1 Å². The molecule has 0 aliphatic carbocycles. The Morgan fingerprint density at radius 2 is 2.03 bits per heavy atom. The molecule has 3 aromatic rings. The van der Waals surface area contributed by atoms with Crippen LogP contribution in [0.2, 0.25) is 0 Å². The summed E-state index contributed by atoms with van der Waals surface area (Å²) in [6, 6.07) is 5.25. The molecule has 0 unspecified atom stereocenters. The summed E-state index contributed by atoms with van der Waals surface area (Å²) in [6.45, 7) is 1.44. The van der Waals surface area contributed by atoms with Crippen molar-refractivity contribution >= 4 is 23.0 Å². The summed E-state index contributed by atoms with van der Waals surface area (Å²) >= 11 is 0. The first-order valence-corrected chi connectivity index (χ1v) is 9.77. The van der Waals surface area contributed by atoms with Crippen LogP contribution in [0.25, 0.3) is 11.4 Å². The molecule has 1 aliphatic heterocycles. The van der Waals surface area contributed by atoms with Crippen molar-refractivity contribution in [1.29, 1.82) is 0 Å². The fourth-order valence-corrected chi connectivity index (χ4v) is 3.58. The topological polar surface area (TPSA) is 123 Å². The predicted octanol–water partition coefficient (Wildman–Crippen LogP) is 2.58. The molecule has 1 saturated heterocycles. The van der Waals surface area contributed by atoms with E-state index in [0.717, 1.165) is 37.2 Å². The molecule has 160 valence electrons. The van der Waals surface area contributed by atoms with Gasteiger partial charge in [-0.15, -0.1) is 0 Å². The molecule has 31 heavy (non-hydrogen) atoms. The predicted molar refractivity (Wildman–Crippen MR) is 113 cm³/mol. The van der Waals surface area contributed by atoms with Gasteiger partial charge in [-0.3, -0.25) is 14.8 Å². The van der Waals surface area contributed by atoms with Gasteiger partial charge < -0.3 is 21.7 Å². The SMILES string of the molecule is Nc1cc(F)c(-c2ncccc2F)nc1C(=O)Nc1cnccc1N1CCC[C@H](N)C1. The number of rotatable bonds is 4. The highest BCUT2D eigenvalue weighted by atomic mass is 19.1. The number of piperidine rings is 1. The van der Waals surface area contributed by atoms with Gasteiger partial charge in [0, 0.05) is 37.6 Å². The Hall–Kier alpha value is -3.66. The number of nitrogens with two attached hydrogens (primary N) is 2. The molecule has 0 saturated carbocycles. The zero-order chi connectivity index (χ0) is 22.0. The highest BCUT2D eigenvalue weighted by Crippen LogP contribution is 2.29. The molecule has 8 nitrogen and oxygen atoms in total. The van der Waals surface area contributed by atoms with Crippen LogP contribution in [0.15, 0.2) is 42.9 Å². The number of pyridine rings is 3. The Balaban J connectivity index is 1.66. The Morgan fingerprint density at radius 3 is 2.81 bits per heavy atom. The van der Waals surface area contributed by atoms with Gasteiger partial charge in [0.2, 0.25) is 0 Å². The Morgan fingerprint density at radius 1 is 1.19 bits per heavy atom. The van der Waals surface area contributed by atoms with Crippen LogP contribution in [-0.4, -0.2) is 40.0 Å². The molecule has 4 rings (SSSR count). The third-order valence-electron chi connectivity index (χ3n) is 5.05. The molecule has 1 atom stereocenters. The van der Waals surface area contributed by atoms with E-state index in [1.807, 2.05) is 0 Å². The number of hydrogen-bond donors (Lipinski definition) is 3. The number of nitrogens with one attached hydrogen (secondary N) is 1. The third kappa shape index (κ3) is 4.29. The third-order valence-corrected chi connectivity index (χ3v) is 5.05. The van der Waals surface area contributed by atoms with Crippen LogP contribution in [0.5, 0.6) is 0 Å². The van der Waals surface area contributed by atoms with Gasteiger partial charge in [-0.2, -0.15) is 0 Å². The van der Waals surface area contributed by atoms with Crippen LogP contribution in [0.1, 0.15) is 23.3 Å². The Labute approximate surface area is 177 Å². The standard InChI is InChI=1S/C21H21F2N7O/c22-13-4-1-6-27-18(13)19-14(23)9-15(25)20(29-19)21(31)28-16-10-26-7-5-17(16)30-8-2-3-12(24)11-30/h1,4-7,9-10,12H,2-3,8,11,24-25H2,(H,28,31)/t12-/m0/s1. The van der Waals surface area contributed by atoms with E-state index >= 15 is 0 Å². The van der Waals surface area contributed by atoms with Crippen molar-refractivity contribution in [2.45, 2.75) is 18.9 Å². The van der Waals surface area contributed by atoms with E-state index in [1.165, 1.54) is 18.5 Å². The second-order valence-electron chi connectivity index (χ2n) is 7.29. The number of carbonyl (C=O) groups is 1. The van der Waals surface area contributed by atoms with E-state index in [9.17, 15) is 13.6 Å². The minimum Gasteiger partial charge on any atom is -0.397 e. The zero-order valence-corrected chi connectivity index (χ0v) is 16.6. The number of aromatic nitrogens is 3. The molecule has 10 heteroatoms. The van der Waals surface area contributed by atoms with Gasteiger partial charge in [-0.25, -0.2) is 13.8 Å². The zero-order valence-electron chi connectivity index (χ0n) is 16.6. The first-order chi connectivity index (χ1) is 14.9. The monoisotopic (exact) mass is 425 g/mol. The van der Waals surface area contributed by atoms with E-state index in [2.05, 4.69) is 25.2 Å². The van der Waals surface area contributed by atoms with Crippen LogP contribution in [0.3, 0.4) is 0 Å². The van der Waals surface area contributed by atoms with Gasteiger partial charge in [0.05, 0.1) is 23.3 Å². The summed E-state index contributed by atoms with van der Waals surface area (Å²) in [5, 5.41) is 2.73. The highest BCUT2D eigenvalue weighted by molar-refractivity contribution is 6.07. The lowest BCUT2D eigenvalue weighted by Crippen LogP contribution is -2.43. The molecular formula is C21H21F2N7O. The van der Waals surface area contributed by atoms with Gasteiger partial charge in [0.25, 0.3) is 5.91 Å². The molecule has 3 aromatic heterocycles. The molecular weight excluding hydrogens is 404 g/mol. The lowest BCUT2D eigenvalue weighted by Gasteiger charge is -2.33. The van der Waals surface area contributed by atoms with E-state index in [1.54, 1.807) is 12.3 Å². The van der Waals surface area contributed by atoms with Crippen molar-refractivity contribution in [3.63, 3.8) is 0 Å². The van der Waals surface area contributed by atoms with Crippen molar-refractivity contribution in [1.82, 2.24) is 15.0 Å². The molecule has 1 fully saturated rings. The number of halogens is 2. The summed E-state index contributed by atoms with van der Waals surface area (Å²) in [7, 11) is 0. The number of nitrogens with zero attached hydrogens (tertiary/aromatic N) is 4. The molecule has 0 spiro atoms. The van der Waals surface area contributed by atoms with Crippen molar-refractivity contribution in [2.24, 2.45) is 5.73 Å². The minimum atomic E-state index is -0.879. The number of anilines is 3. The second kappa shape index (κ2) is 8.60. The van der Waals surface area contributed by atoms with Gasteiger partial charge in [-0.05, 0) is 31.0 Å². The maximum absolute atomic E-state index is 14.4. The molecule has 0 radical (unpaired) electrons. The van der Waals surface area contributed by atoms with Crippen molar-refractivity contribution in [3.05, 3.63) is 60.2 Å². The van der Waals surface area contributed by atoms with Crippen LogP contribution in [0.4, 0.5) is 25.8 Å².